The van der Waals surface area contributed by atoms with E-state index in [2.05, 4.69) is 10.6 Å². The zero-order valence-electron chi connectivity index (χ0n) is 16.0. The standard InChI is InChI=1S/C19H24N4O4/c1-18-10-23(11-19(18,2)17(27)21-16(18)26)9-14(24)20-13-7-5-6-12(8-13)15(25)22(3)4/h5-8H,9-11H2,1-4H3,(H,20,24)(H,21,26,27). The van der Waals surface area contributed by atoms with E-state index >= 15 is 0 Å². The second-order valence-electron chi connectivity index (χ2n) is 7.92. The minimum absolute atomic E-state index is 0.0671. The molecule has 2 saturated heterocycles. The van der Waals surface area contributed by atoms with Crippen LogP contribution < -0.4 is 10.6 Å². The Kier molecular flexibility index (Phi) is 4.55. The lowest BCUT2D eigenvalue weighted by atomic mass is 9.70. The maximum Gasteiger partial charge on any atom is 0.253 e. The molecule has 2 fully saturated rings. The van der Waals surface area contributed by atoms with Crippen LogP contribution >= 0.6 is 0 Å². The summed E-state index contributed by atoms with van der Waals surface area (Å²) >= 11 is 0. The number of amides is 4. The molecule has 0 aliphatic carbocycles. The predicted octanol–water partition coefficient (Wildman–Crippen LogP) is 0.312. The fourth-order valence-electron chi connectivity index (χ4n) is 3.83. The lowest BCUT2D eigenvalue weighted by molar-refractivity contribution is -0.129. The van der Waals surface area contributed by atoms with E-state index in [9.17, 15) is 19.2 Å². The van der Waals surface area contributed by atoms with E-state index in [0.717, 1.165) is 0 Å². The Labute approximate surface area is 157 Å². The molecule has 8 heteroatoms. The number of imide groups is 1. The van der Waals surface area contributed by atoms with Crippen molar-refractivity contribution in [2.24, 2.45) is 10.8 Å². The molecule has 2 atom stereocenters. The molecule has 0 bridgehead atoms. The van der Waals surface area contributed by atoms with Crippen LogP contribution in [0.2, 0.25) is 0 Å². The van der Waals surface area contributed by atoms with Crippen LogP contribution in [-0.2, 0) is 14.4 Å². The van der Waals surface area contributed by atoms with Gasteiger partial charge >= 0.3 is 0 Å². The van der Waals surface area contributed by atoms with Gasteiger partial charge < -0.3 is 10.2 Å². The van der Waals surface area contributed by atoms with E-state index in [4.69, 9.17) is 0 Å². The summed E-state index contributed by atoms with van der Waals surface area (Å²) < 4.78 is 0. The van der Waals surface area contributed by atoms with Crippen molar-refractivity contribution in [2.45, 2.75) is 13.8 Å². The van der Waals surface area contributed by atoms with Crippen LogP contribution in [-0.4, -0.2) is 67.2 Å². The second-order valence-corrected chi connectivity index (χ2v) is 7.92. The molecule has 0 spiro atoms. The van der Waals surface area contributed by atoms with Crippen molar-refractivity contribution in [2.75, 3.05) is 39.0 Å². The number of hydrogen-bond donors (Lipinski definition) is 2. The van der Waals surface area contributed by atoms with Gasteiger partial charge in [0.15, 0.2) is 0 Å². The number of hydrogen-bond acceptors (Lipinski definition) is 5. The van der Waals surface area contributed by atoms with Gasteiger partial charge in [0.25, 0.3) is 5.91 Å². The summed E-state index contributed by atoms with van der Waals surface area (Å²) in [5.41, 5.74) is -0.653. The Morgan fingerprint density at radius 2 is 1.74 bits per heavy atom. The average Bonchev–Trinajstić information content (AvgIpc) is 2.93. The largest absolute Gasteiger partial charge is 0.345 e. The minimum Gasteiger partial charge on any atom is -0.345 e. The van der Waals surface area contributed by atoms with E-state index in [-0.39, 0.29) is 30.2 Å². The summed E-state index contributed by atoms with van der Waals surface area (Å²) in [6.07, 6.45) is 0. The van der Waals surface area contributed by atoms with E-state index in [1.807, 2.05) is 4.90 Å². The first kappa shape index (κ1) is 19.0. The van der Waals surface area contributed by atoms with Crippen molar-refractivity contribution in [3.8, 4) is 0 Å². The Bertz CT molecular complexity index is 809. The fraction of sp³-hybridized carbons (Fsp3) is 0.474. The van der Waals surface area contributed by atoms with E-state index in [1.165, 1.54) is 4.90 Å². The Hall–Kier alpha value is -2.74. The van der Waals surface area contributed by atoms with Crippen LogP contribution in [0.15, 0.2) is 24.3 Å². The van der Waals surface area contributed by atoms with Gasteiger partial charge in [-0.2, -0.15) is 0 Å². The number of anilines is 1. The molecular weight excluding hydrogens is 348 g/mol. The van der Waals surface area contributed by atoms with Crippen LogP contribution in [0.3, 0.4) is 0 Å². The van der Waals surface area contributed by atoms with E-state index < -0.39 is 10.8 Å². The van der Waals surface area contributed by atoms with Gasteiger partial charge in [-0.1, -0.05) is 6.07 Å². The third-order valence-electron chi connectivity index (χ3n) is 5.69. The van der Waals surface area contributed by atoms with Gasteiger partial charge in [0.2, 0.25) is 17.7 Å². The molecule has 2 unspecified atom stereocenters. The number of carbonyl (C=O) groups excluding carboxylic acids is 4. The number of nitrogens with zero attached hydrogens (tertiary/aromatic N) is 2. The summed E-state index contributed by atoms with van der Waals surface area (Å²) in [5.74, 6) is -0.978. The topological polar surface area (TPSA) is 98.8 Å². The van der Waals surface area contributed by atoms with Crippen LogP contribution in [0.5, 0.6) is 0 Å². The number of likely N-dealkylation sites (tertiary alicyclic amines) is 1. The van der Waals surface area contributed by atoms with Crippen molar-refractivity contribution in [3.63, 3.8) is 0 Å². The molecule has 1 aromatic rings. The zero-order valence-corrected chi connectivity index (χ0v) is 16.0. The van der Waals surface area contributed by atoms with Gasteiger partial charge in [-0.25, -0.2) is 0 Å². The molecule has 2 N–H and O–H groups in total. The van der Waals surface area contributed by atoms with Crippen LogP contribution in [0.25, 0.3) is 0 Å². The average molecular weight is 372 g/mol. The van der Waals surface area contributed by atoms with Gasteiger partial charge in [-0.15, -0.1) is 0 Å². The van der Waals surface area contributed by atoms with Crippen molar-refractivity contribution >= 4 is 29.3 Å². The summed E-state index contributed by atoms with van der Waals surface area (Å²) in [5, 5.41) is 5.18. The highest BCUT2D eigenvalue weighted by Gasteiger charge is 2.65. The molecule has 8 nitrogen and oxygen atoms in total. The summed E-state index contributed by atoms with van der Waals surface area (Å²) in [4.78, 5) is 52.1. The van der Waals surface area contributed by atoms with Gasteiger partial charge in [-0.3, -0.25) is 29.4 Å². The van der Waals surface area contributed by atoms with Gasteiger partial charge in [0, 0.05) is 38.4 Å². The summed E-state index contributed by atoms with van der Waals surface area (Å²) in [6.45, 7) is 4.28. The lowest BCUT2D eigenvalue weighted by Gasteiger charge is -2.26. The number of nitrogens with one attached hydrogen (secondary N) is 2. The molecule has 0 radical (unpaired) electrons. The second kappa shape index (κ2) is 6.45. The smallest absolute Gasteiger partial charge is 0.253 e. The fourth-order valence-corrected chi connectivity index (χ4v) is 3.83. The van der Waals surface area contributed by atoms with Crippen LogP contribution in [0.4, 0.5) is 5.69 Å². The molecule has 27 heavy (non-hydrogen) atoms. The molecule has 0 aromatic heterocycles. The SMILES string of the molecule is CN(C)C(=O)c1cccc(NC(=O)CN2CC3(C)C(=O)NC(=O)C3(C)C2)c1. The van der Waals surface area contributed by atoms with Gasteiger partial charge in [-0.05, 0) is 32.0 Å². The third kappa shape index (κ3) is 3.10. The maximum absolute atomic E-state index is 12.4. The van der Waals surface area contributed by atoms with Gasteiger partial charge in [0.1, 0.15) is 0 Å². The monoisotopic (exact) mass is 372 g/mol. The molecule has 1 aromatic carbocycles. The van der Waals surface area contributed by atoms with Crippen LogP contribution in [0, 0.1) is 10.8 Å². The quantitative estimate of drug-likeness (QED) is 0.742. The van der Waals surface area contributed by atoms with Crippen molar-refractivity contribution < 1.29 is 19.2 Å². The van der Waals surface area contributed by atoms with Crippen molar-refractivity contribution in [1.29, 1.82) is 0 Å². The minimum atomic E-state index is -0.831. The number of carbonyl (C=O) groups is 4. The highest BCUT2D eigenvalue weighted by atomic mass is 16.2. The van der Waals surface area contributed by atoms with Crippen molar-refractivity contribution in [1.82, 2.24) is 15.1 Å². The van der Waals surface area contributed by atoms with E-state index in [1.54, 1.807) is 52.2 Å². The van der Waals surface area contributed by atoms with E-state index in [0.29, 0.717) is 24.3 Å². The Morgan fingerprint density at radius 1 is 1.15 bits per heavy atom. The van der Waals surface area contributed by atoms with Crippen molar-refractivity contribution in [3.05, 3.63) is 29.8 Å². The third-order valence-corrected chi connectivity index (χ3v) is 5.69. The lowest BCUT2D eigenvalue weighted by Crippen LogP contribution is -2.38. The number of rotatable bonds is 4. The Morgan fingerprint density at radius 3 is 2.30 bits per heavy atom. The number of fused-ring (bicyclic) bond motifs is 1. The molecule has 0 saturated carbocycles. The summed E-state index contributed by atoms with van der Waals surface area (Å²) in [7, 11) is 3.33. The number of benzene rings is 1. The molecule has 144 valence electrons. The molecule has 2 heterocycles. The molecule has 2 aliphatic rings. The highest BCUT2D eigenvalue weighted by molar-refractivity contribution is 6.10. The molecule has 3 rings (SSSR count). The van der Waals surface area contributed by atoms with Gasteiger partial charge in [0.05, 0.1) is 17.4 Å². The normalized spacial score (nSPS) is 27.3. The highest BCUT2D eigenvalue weighted by Crippen LogP contribution is 2.49. The maximum atomic E-state index is 12.4. The first-order valence-corrected chi connectivity index (χ1v) is 8.77. The summed E-state index contributed by atoms with van der Waals surface area (Å²) in [6, 6.07) is 6.73. The van der Waals surface area contributed by atoms with Crippen LogP contribution in [0.1, 0.15) is 24.2 Å². The zero-order chi connectivity index (χ0) is 20.0. The first-order valence-electron chi connectivity index (χ1n) is 8.77. The molecule has 4 amide bonds. The first-order chi connectivity index (χ1) is 12.6. The Balaban J connectivity index is 1.66. The molecule has 2 aliphatic heterocycles. The molecular formula is C19H24N4O4. The predicted molar refractivity (Wildman–Crippen MR) is 98.9 cm³/mol.